The first-order valence-electron chi connectivity index (χ1n) is 8.78. The normalized spacial score (nSPS) is 10.2. The molecular formula is C23H21N3O2. The van der Waals surface area contributed by atoms with Crippen LogP contribution < -0.4 is 15.2 Å². The minimum atomic E-state index is 0.209. The monoisotopic (exact) mass is 371 g/mol. The van der Waals surface area contributed by atoms with E-state index < -0.39 is 0 Å². The van der Waals surface area contributed by atoms with E-state index in [2.05, 4.69) is 17.6 Å². The lowest BCUT2D eigenvalue weighted by molar-refractivity contribution is 0.326. The fraction of sp³-hybridized carbons (Fsp3) is 0.130. The van der Waals surface area contributed by atoms with E-state index in [1.54, 1.807) is 13.2 Å². The van der Waals surface area contributed by atoms with Crippen molar-refractivity contribution < 1.29 is 9.47 Å². The van der Waals surface area contributed by atoms with Gasteiger partial charge in [-0.1, -0.05) is 49.1 Å². The summed E-state index contributed by atoms with van der Waals surface area (Å²) in [7, 11) is 1.58. The predicted molar refractivity (Wildman–Crippen MR) is 111 cm³/mol. The second-order valence-electron chi connectivity index (χ2n) is 6.15. The van der Waals surface area contributed by atoms with Crippen molar-refractivity contribution in [3.8, 4) is 39.8 Å². The minimum Gasteiger partial charge on any atom is -0.493 e. The molecule has 0 saturated carbocycles. The summed E-state index contributed by atoms with van der Waals surface area (Å²) in [4.78, 5) is 4.40. The molecule has 2 aromatic carbocycles. The number of hydrogen-bond acceptors (Lipinski definition) is 5. The summed E-state index contributed by atoms with van der Waals surface area (Å²) >= 11 is 0. The standard InChI is InChI=1S/C23H21N3O2/c1-4-12-28-19-11-10-17(13-20(19)27-3)22-18(14-24)23(25)26-15(2)21(22)16-8-6-5-7-9-16/h4-11,13H,1,12H2,2-3H3,(H2,25,26). The molecule has 0 aliphatic heterocycles. The Morgan fingerprint density at radius 3 is 2.50 bits per heavy atom. The Balaban J connectivity index is 2.29. The van der Waals surface area contributed by atoms with Crippen LogP contribution in [0.1, 0.15) is 11.3 Å². The van der Waals surface area contributed by atoms with Crippen molar-refractivity contribution in [1.82, 2.24) is 4.98 Å². The fourth-order valence-electron chi connectivity index (χ4n) is 3.18. The molecule has 0 spiro atoms. The molecule has 0 aliphatic carbocycles. The maximum Gasteiger partial charge on any atom is 0.161 e. The first-order chi connectivity index (χ1) is 13.6. The van der Waals surface area contributed by atoms with Gasteiger partial charge in [-0.25, -0.2) is 4.98 Å². The third-order valence-electron chi connectivity index (χ3n) is 4.39. The van der Waals surface area contributed by atoms with Crippen molar-refractivity contribution in [2.75, 3.05) is 19.5 Å². The summed E-state index contributed by atoms with van der Waals surface area (Å²) in [6, 6.07) is 17.6. The highest BCUT2D eigenvalue weighted by Gasteiger charge is 2.20. The molecule has 3 rings (SSSR count). The average Bonchev–Trinajstić information content (AvgIpc) is 2.72. The van der Waals surface area contributed by atoms with Gasteiger partial charge >= 0.3 is 0 Å². The van der Waals surface area contributed by atoms with Crippen LogP contribution in [-0.2, 0) is 0 Å². The second-order valence-corrected chi connectivity index (χ2v) is 6.15. The molecule has 5 heteroatoms. The van der Waals surface area contributed by atoms with Gasteiger partial charge < -0.3 is 15.2 Å². The molecule has 0 radical (unpaired) electrons. The number of nitriles is 1. The number of anilines is 1. The van der Waals surface area contributed by atoms with Crippen LogP contribution in [0.5, 0.6) is 11.5 Å². The van der Waals surface area contributed by atoms with Gasteiger partial charge in [0, 0.05) is 16.8 Å². The number of rotatable bonds is 6. The number of hydrogen-bond donors (Lipinski definition) is 1. The lowest BCUT2D eigenvalue weighted by Gasteiger charge is -2.18. The van der Waals surface area contributed by atoms with Gasteiger partial charge in [-0.3, -0.25) is 0 Å². The SMILES string of the molecule is C=CCOc1ccc(-c2c(C#N)c(N)nc(C)c2-c2ccccc2)cc1OC. The average molecular weight is 371 g/mol. The van der Waals surface area contributed by atoms with Crippen molar-refractivity contribution in [3.63, 3.8) is 0 Å². The van der Waals surface area contributed by atoms with Crippen molar-refractivity contribution in [2.24, 2.45) is 0 Å². The molecule has 0 fully saturated rings. The fourth-order valence-corrected chi connectivity index (χ4v) is 3.18. The molecule has 0 bridgehead atoms. The van der Waals surface area contributed by atoms with Crippen LogP contribution in [0.3, 0.4) is 0 Å². The number of methoxy groups -OCH3 is 1. The molecule has 1 heterocycles. The summed E-state index contributed by atoms with van der Waals surface area (Å²) < 4.78 is 11.1. The zero-order valence-electron chi connectivity index (χ0n) is 15.9. The van der Waals surface area contributed by atoms with Crippen LogP contribution in [0.4, 0.5) is 5.82 Å². The summed E-state index contributed by atoms with van der Waals surface area (Å²) in [5.74, 6) is 1.38. The number of nitrogens with two attached hydrogens (primary N) is 1. The molecule has 1 aromatic heterocycles. The van der Waals surface area contributed by atoms with Crippen LogP contribution in [0.15, 0.2) is 61.2 Å². The number of ether oxygens (including phenoxy) is 2. The van der Waals surface area contributed by atoms with E-state index in [9.17, 15) is 5.26 Å². The molecule has 0 saturated heterocycles. The molecule has 2 N–H and O–H groups in total. The lowest BCUT2D eigenvalue weighted by atomic mass is 9.90. The Hall–Kier alpha value is -3.78. The van der Waals surface area contributed by atoms with Crippen molar-refractivity contribution in [2.45, 2.75) is 6.92 Å². The summed E-state index contributed by atoms with van der Waals surface area (Å²) in [5.41, 5.74) is 10.5. The van der Waals surface area contributed by atoms with Crippen LogP contribution in [0.25, 0.3) is 22.3 Å². The third kappa shape index (κ3) is 3.53. The Morgan fingerprint density at radius 2 is 1.86 bits per heavy atom. The maximum atomic E-state index is 9.78. The Labute approximate surface area is 164 Å². The van der Waals surface area contributed by atoms with Crippen LogP contribution in [0, 0.1) is 18.3 Å². The van der Waals surface area contributed by atoms with E-state index in [1.807, 2.05) is 55.5 Å². The molecule has 140 valence electrons. The topological polar surface area (TPSA) is 81.2 Å². The van der Waals surface area contributed by atoms with Crippen molar-refractivity contribution in [1.29, 1.82) is 5.26 Å². The zero-order chi connectivity index (χ0) is 20.1. The van der Waals surface area contributed by atoms with Crippen LogP contribution in [-0.4, -0.2) is 18.7 Å². The number of benzene rings is 2. The van der Waals surface area contributed by atoms with E-state index in [0.717, 1.165) is 27.9 Å². The van der Waals surface area contributed by atoms with Gasteiger partial charge in [0.1, 0.15) is 24.1 Å². The molecule has 0 amide bonds. The largest absolute Gasteiger partial charge is 0.493 e. The van der Waals surface area contributed by atoms with Gasteiger partial charge in [-0.05, 0) is 30.2 Å². The van der Waals surface area contributed by atoms with Gasteiger partial charge in [-0.2, -0.15) is 5.26 Å². The third-order valence-corrected chi connectivity index (χ3v) is 4.39. The van der Waals surface area contributed by atoms with Gasteiger partial charge in [0.25, 0.3) is 0 Å². The van der Waals surface area contributed by atoms with Gasteiger partial charge in [0.05, 0.1) is 7.11 Å². The van der Waals surface area contributed by atoms with Crippen molar-refractivity contribution >= 4 is 5.82 Å². The smallest absolute Gasteiger partial charge is 0.161 e. The molecular weight excluding hydrogens is 350 g/mol. The number of aromatic nitrogens is 1. The summed E-state index contributed by atoms with van der Waals surface area (Å²) in [5, 5.41) is 9.78. The highest BCUT2D eigenvalue weighted by molar-refractivity contribution is 5.91. The van der Waals surface area contributed by atoms with Crippen LogP contribution >= 0.6 is 0 Å². The molecule has 0 atom stereocenters. The van der Waals surface area contributed by atoms with E-state index >= 15 is 0 Å². The Morgan fingerprint density at radius 1 is 1.11 bits per heavy atom. The molecule has 28 heavy (non-hydrogen) atoms. The molecule has 5 nitrogen and oxygen atoms in total. The maximum absolute atomic E-state index is 9.78. The molecule has 3 aromatic rings. The van der Waals surface area contributed by atoms with Gasteiger partial charge in [-0.15, -0.1) is 0 Å². The second kappa shape index (κ2) is 8.28. The number of pyridine rings is 1. The first kappa shape index (κ1) is 19.0. The molecule has 0 unspecified atom stereocenters. The summed E-state index contributed by atoms with van der Waals surface area (Å²) in [6.07, 6.45) is 1.67. The van der Waals surface area contributed by atoms with Crippen LogP contribution in [0.2, 0.25) is 0 Å². The van der Waals surface area contributed by atoms with E-state index in [-0.39, 0.29) is 5.82 Å². The van der Waals surface area contributed by atoms with E-state index in [0.29, 0.717) is 23.7 Å². The number of nitrogen functional groups attached to an aromatic ring is 1. The highest BCUT2D eigenvalue weighted by atomic mass is 16.5. The Bertz CT molecular complexity index is 1050. The quantitative estimate of drug-likeness (QED) is 0.632. The van der Waals surface area contributed by atoms with E-state index in [4.69, 9.17) is 15.2 Å². The predicted octanol–water partition coefficient (Wildman–Crippen LogP) is 4.75. The zero-order valence-corrected chi connectivity index (χ0v) is 15.9. The van der Waals surface area contributed by atoms with E-state index in [1.165, 1.54) is 0 Å². The first-order valence-corrected chi connectivity index (χ1v) is 8.78. The number of aryl methyl sites for hydroxylation is 1. The van der Waals surface area contributed by atoms with Gasteiger partial charge in [0.15, 0.2) is 11.5 Å². The number of nitrogens with zero attached hydrogens (tertiary/aromatic N) is 2. The minimum absolute atomic E-state index is 0.209. The summed E-state index contributed by atoms with van der Waals surface area (Å²) in [6.45, 7) is 5.92. The highest BCUT2D eigenvalue weighted by Crippen LogP contribution is 2.41. The molecule has 0 aliphatic rings. The lowest BCUT2D eigenvalue weighted by Crippen LogP contribution is -2.03. The van der Waals surface area contributed by atoms with Gasteiger partial charge in [0.2, 0.25) is 0 Å². The Kier molecular flexibility index (Phi) is 5.61. The van der Waals surface area contributed by atoms with Crippen molar-refractivity contribution in [3.05, 3.63) is 72.4 Å².